The van der Waals surface area contributed by atoms with Gasteiger partial charge in [0.1, 0.15) is 7.05 Å². The molecule has 0 atom stereocenters. The van der Waals surface area contributed by atoms with Crippen LogP contribution in [0, 0.1) is 6.92 Å². The SMILES string of the molecule is COc1ncc[n+](C)c1-c1cc2ccccc2cc1C. The largest absolute Gasteiger partial charge is 0.476 e. The Morgan fingerprint density at radius 2 is 1.80 bits per heavy atom. The first-order valence-electron chi connectivity index (χ1n) is 6.59. The molecule has 0 unspecified atom stereocenters. The fourth-order valence-electron chi connectivity index (χ4n) is 2.55. The minimum atomic E-state index is 0.647. The molecule has 0 aliphatic heterocycles. The molecule has 0 saturated heterocycles. The van der Waals surface area contributed by atoms with Crippen molar-refractivity contribution in [3.05, 3.63) is 54.4 Å². The summed E-state index contributed by atoms with van der Waals surface area (Å²) >= 11 is 0. The fraction of sp³-hybridized carbons (Fsp3) is 0.176. The lowest BCUT2D eigenvalue weighted by Crippen LogP contribution is -2.31. The fourth-order valence-corrected chi connectivity index (χ4v) is 2.55. The van der Waals surface area contributed by atoms with Crippen LogP contribution >= 0.6 is 0 Å². The predicted octanol–water partition coefficient (Wildman–Crippen LogP) is 3.04. The van der Waals surface area contributed by atoms with Crippen LogP contribution in [-0.4, -0.2) is 12.1 Å². The molecule has 1 aromatic heterocycles. The van der Waals surface area contributed by atoms with Gasteiger partial charge in [-0.25, -0.2) is 4.98 Å². The van der Waals surface area contributed by atoms with Gasteiger partial charge in [0.15, 0.2) is 6.20 Å². The lowest BCUT2D eigenvalue weighted by atomic mass is 9.99. The van der Waals surface area contributed by atoms with Crippen molar-refractivity contribution in [3.63, 3.8) is 0 Å². The van der Waals surface area contributed by atoms with Crippen LogP contribution < -0.4 is 9.30 Å². The Kier molecular flexibility index (Phi) is 3.11. The lowest BCUT2D eigenvalue weighted by Gasteiger charge is -2.09. The van der Waals surface area contributed by atoms with Crippen molar-refractivity contribution in [1.29, 1.82) is 0 Å². The van der Waals surface area contributed by atoms with Gasteiger partial charge in [0.05, 0.1) is 18.9 Å². The van der Waals surface area contributed by atoms with Gasteiger partial charge in [-0.1, -0.05) is 30.3 Å². The summed E-state index contributed by atoms with van der Waals surface area (Å²) in [6, 6.07) is 12.8. The average Bonchev–Trinajstić information content (AvgIpc) is 2.46. The van der Waals surface area contributed by atoms with Crippen molar-refractivity contribution in [2.45, 2.75) is 6.92 Å². The van der Waals surface area contributed by atoms with Gasteiger partial charge in [0.2, 0.25) is 0 Å². The van der Waals surface area contributed by atoms with Gasteiger partial charge in [-0.3, -0.25) is 0 Å². The maximum absolute atomic E-state index is 5.42. The quantitative estimate of drug-likeness (QED) is 0.666. The second kappa shape index (κ2) is 4.93. The first-order valence-corrected chi connectivity index (χ1v) is 6.59. The van der Waals surface area contributed by atoms with E-state index in [2.05, 4.69) is 48.3 Å². The van der Waals surface area contributed by atoms with Crippen molar-refractivity contribution in [1.82, 2.24) is 4.98 Å². The molecule has 3 nitrogen and oxygen atoms in total. The van der Waals surface area contributed by atoms with Gasteiger partial charge in [0.25, 0.3) is 11.6 Å². The maximum Gasteiger partial charge on any atom is 0.288 e. The van der Waals surface area contributed by atoms with Crippen molar-refractivity contribution in [2.24, 2.45) is 7.05 Å². The highest BCUT2D eigenvalue weighted by Crippen LogP contribution is 2.30. The molecule has 3 aromatic rings. The summed E-state index contributed by atoms with van der Waals surface area (Å²) in [5.74, 6) is 0.647. The summed E-state index contributed by atoms with van der Waals surface area (Å²) < 4.78 is 7.46. The molecule has 0 spiro atoms. The summed E-state index contributed by atoms with van der Waals surface area (Å²) in [5.41, 5.74) is 3.36. The number of aryl methyl sites for hydroxylation is 2. The molecule has 1 heterocycles. The summed E-state index contributed by atoms with van der Waals surface area (Å²) in [5, 5.41) is 2.47. The van der Waals surface area contributed by atoms with Crippen molar-refractivity contribution in [3.8, 4) is 17.1 Å². The number of nitrogens with zero attached hydrogens (tertiary/aromatic N) is 2. The Hall–Kier alpha value is -2.42. The molecule has 0 amide bonds. The number of aromatic nitrogens is 2. The van der Waals surface area contributed by atoms with E-state index < -0.39 is 0 Å². The Morgan fingerprint density at radius 3 is 2.50 bits per heavy atom. The zero-order valence-electron chi connectivity index (χ0n) is 11.9. The molecule has 0 bridgehead atoms. The summed E-state index contributed by atoms with van der Waals surface area (Å²) in [7, 11) is 3.66. The molecule has 2 aromatic carbocycles. The predicted molar refractivity (Wildman–Crippen MR) is 79.6 cm³/mol. The van der Waals surface area contributed by atoms with Gasteiger partial charge in [-0.05, 0) is 29.3 Å². The highest BCUT2D eigenvalue weighted by Gasteiger charge is 2.20. The molecule has 100 valence electrons. The Balaban J connectivity index is 2.32. The van der Waals surface area contributed by atoms with E-state index >= 15 is 0 Å². The molecule has 20 heavy (non-hydrogen) atoms. The maximum atomic E-state index is 5.42. The number of fused-ring (bicyclic) bond motifs is 1. The molecule has 0 aliphatic rings. The van der Waals surface area contributed by atoms with E-state index in [0.29, 0.717) is 5.88 Å². The molecule has 0 aliphatic carbocycles. The molecule has 3 heteroatoms. The Labute approximate surface area is 118 Å². The number of hydrogen-bond donors (Lipinski definition) is 0. The second-order valence-electron chi connectivity index (χ2n) is 4.91. The summed E-state index contributed by atoms with van der Waals surface area (Å²) in [4.78, 5) is 4.31. The summed E-state index contributed by atoms with van der Waals surface area (Å²) in [6.07, 6.45) is 3.69. The molecule has 0 N–H and O–H groups in total. The van der Waals surface area contributed by atoms with Gasteiger partial charge in [-0.15, -0.1) is 0 Å². The second-order valence-corrected chi connectivity index (χ2v) is 4.91. The van der Waals surface area contributed by atoms with Crippen molar-refractivity contribution >= 4 is 10.8 Å². The van der Waals surface area contributed by atoms with E-state index in [-0.39, 0.29) is 0 Å². The van der Waals surface area contributed by atoms with E-state index in [4.69, 9.17) is 4.74 Å². The van der Waals surface area contributed by atoms with Crippen molar-refractivity contribution < 1.29 is 9.30 Å². The van der Waals surface area contributed by atoms with E-state index in [1.54, 1.807) is 13.3 Å². The van der Waals surface area contributed by atoms with Crippen LogP contribution in [0.25, 0.3) is 22.0 Å². The van der Waals surface area contributed by atoms with Crippen LogP contribution in [0.3, 0.4) is 0 Å². The zero-order valence-corrected chi connectivity index (χ0v) is 11.9. The zero-order chi connectivity index (χ0) is 14.1. The van der Waals surface area contributed by atoms with E-state index in [9.17, 15) is 0 Å². The van der Waals surface area contributed by atoms with E-state index in [1.165, 1.54) is 16.3 Å². The van der Waals surface area contributed by atoms with Gasteiger partial charge < -0.3 is 4.74 Å². The van der Waals surface area contributed by atoms with Crippen LogP contribution in [-0.2, 0) is 7.05 Å². The molecular formula is C17H17N2O+. The third kappa shape index (κ3) is 2.01. The Morgan fingerprint density at radius 1 is 1.10 bits per heavy atom. The number of ether oxygens (including phenoxy) is 1. The average molecular weight is 265 g/mol. The van der Waals surface area contributed by atoms with Crippen LogP contribution in [0.1, 0.15) is 5.56 Å². The smallest absolute Gasteiger partial charge is 0.288 e. The van der Waals surface area contributed by atoms with Crippen LogP contribution in [0.5, 0.6) is 5.88 Å². The monoisotopic (exact) mass is 265 g/mol. The van der Waals surface area contributed by atoms with Crippen LogP contribution in [0.15, 0.2) is 48.8 Å². The normalized spacial score (nSPS) is 10.8. The van der Waals surface area contributed by atoms with E-state index in [0.717, 1.165) is 11.3 Å². The van der Waals surface area contributed by atoms with Gasteiger partial charge in [-0.2, -0.15) is 4.57 Å². The number of rotatable bonds is 2. The molecule has 0 saturated carbocycles. The minimum Gasteiger partial charge on any atom is -0.476 e. The summed E-state index contributed by atoms with van der Waals surface area (Å²) in [6.45, 7) is 2.12. The van der Waals surface area contributed by atoms with Crippen LogP contribution in [0.2, 0.25) is 0 Å². The molecule has 0 fully saturated rings. The van der Waals surface area contributed by atoms with Crippen LogP contribution in [0.4, 0.5) is 0 Å². The Bertz CT molecular complexity index is 781. The number of hydrogen-bond acceptors (Lipinski definition) is 2. The minimum absolute atomic E-state index is 0.647. The molecule has 3 rings (SSSR count). The highest BCUT2D eigenvalue weighted by molar-refractivity contribution is 5.88. The standard InChI is InChI=1S/C17H17N2O/c1-12-10-13-6-4-5-7-14(13)11-15(12)16-17(20-3)18-8-9-19(16)2/h4-11H,1-3H3/q+1. The number of methoxy groups -OCH3 is 1. The first kappa shape index (κ1) is 12.6. The highest BCUT2D eigenvalue weighted by atomic mass is 16.5. The third-order valence-corrected chi connectivity index (χ3v) is 3.58. The first-order chi connectivity index (χ1) is 9.70. The van der Waals surface area contributed by atoms with E-state index in [1.807, 2.05) is 17.8 Å². The molecule has 0 radical (unpaired) electrons. The lowest BCUT2D eigenvalue weighted by molar-refractivity contribution is -0.661. The number of benzene rings is 2. The van der Waals surface area contributed by atoms with Gasteiger partial charge in [0, 0.05) is 0 Å². The topological polar surface area (TPSA) is 26.0 Å². The van der Waals surface area contributed by atoms with Gasteiger partial charge >= 0.3 is 0 Å². The van der Waals surface area contributed by atoms with Crippen molar-refractivity contribution in [2.75, 3.05) is 7.11 Å². The third-order valence-electron chi connectivity index (χ3n) is 3.58. The molecular weight excluding hydrogens is 248 g/mol.